The van der Waals surface area contributed by atoms with Crippen LogP contribution in [-0.2, 0) is 9.59 Å². The Hall–Kier alpha value is -2.90. The van der Waals surface area contributed by atoms with E-state index < -0.39 is 5.97 Å². The number of benzene rings is 2. The number of esters is 1. The fraction of sp³-hybridized carbons (Fsp3) is 0.286. The summed E-state index contributed by atoms with van der Waals surface area (Å²) in [7, 11) is 1.66. The van der Waals surface area contributed by atoms with Gasteiger partial charge in [-0.05, 0) is 57.3 Å². The van der Waals surface area contributed by atoms with Gasteiger partial charge < -0.3 is 15.4 Å². The molecule has 0 aliphatic carbocycles. The Balaban J connectivity index is 1.85. The van der Waals surface area contributed by atoms with Gasteiger partial charge in [-0.1, -0.05) is 23.7 Å². The zero-order valence-corrected chi connectivity index (χ0v) is 17.3. The molecule has 2 aromatic carbocycles. The molecule has 0 aromatic heterocycles. The van der Waals surface area contributed by atoms with Crippen molar-refractivity contribution in [3.8, 4) is 5.75 Å². The van der Waals surface area contributed by atoms with Crippen LogP contribution in [0.4, 0.5) is 5.69 Å². The van der Waals surface area contributed by atoms with Gasteiger partial charge in [0.05, 0.1) is 23.7 Å². The van der Waals surface area contributed by atoms with Crippen LogP contribution in [0.3, 0.4) is 0 Å². The Morgan fingerprint density at radius 2 is 1.69 bits per heavy atom. The lowest BCUT2D eigenvalue weighted by atomic mass is 10.2. The minimum Gasteiger partial charge on any atom is -0.426 e. The van der Waals surface area contributed by atoms with Crippen LogP contribution in [0.2, 0.25) is 5.02 Å². The second kappa shape index (κ2) is 10.6. The quantitative estimate of drug-likeness (QED) is 0.509. The van der Waals surface area contributed by atoms with Gasteiger partial charge in [-0.15, -0.1) is 0 Å². The topological polar surface area (TPSA) is 87.7 Å². The summed E-state index contributed by atoms with van der Waals surface area (Å²) in [6.07, 6.45) is 0. The van der Waals surface area contributed by atoms with Crippen LogP contribution in [0.25, 0.3) is 0 Å². The number of hydrogen-bond acceptors (Lipinski definition) is 5. The Morgan fingerprint density at radius 1 is 1.03 bits per heavy atom. The third kappa shape index (κ3) is 7.56. The molecule has 0 spiro atoms. The molecule has 2 amide bonds. The maximum Gasteiger partial charge on any atom is 0.325 e. The minimum absolute atomic E-state index is 0.0312. The molecule has 8 heteroatoms. The number of anilines is 1. The van der Waals surface area contributed by atoms with Crippen LogP contribution < -0.4 is 15.4 Å². The SMILES string of the molecule is CC(C)NC(=O)CN(C)CC(=O)Oc1ccc(NC(=O)c2ccccc2Cl)cc1. The molecule has 7 nitrogen and oxygen atoms in total. The number of rotatable bonds is 8. The van der Waals surface area contributed by atoms with Crippen LogP contribution in [0.1, 0.15) is 24.2 Å². The van der Waals surface area contributed by atoms with Crippen molar-refractivity contribution >= 4 is 35.1 Å². The lowest BCUT2D eigenvalue weighted by Crippen LogP contribution is -2.40. The molecule has 0 heterocycles. The number of nitrogens with one attached hydrogen (secondary N) is 2. The molecule has 0 fully saturated rings. The zero-order chi connectivity index (χ0) is 21.4. The number of ether oxygens (including phenoxy) is 1. The maximum atomic E-state index is 12.3. The molecule has 0 radical (unpaired) electrons. The van der Waals surface area contributed by atoms with Gasteiger partial charge >= 0.3 is 5.97 Å². The van der Waals surface area contributed by atoms with E-state index in [0.29, 0.717) is 22.0 Å². The van der Waals surface area contributed by atoms with Gasteiger partial charge in [0.2, 0.25) is 5.91 Å². The van der Waals surface area contributed by atoms with Crippen molar-refractivity contribution in [3.05, 3.63) is 59.1 Å². The van der Waals surface area contributed by atoms with Crippen LogP contribution in [-0.4, -0.2) is 48.9 Å². The Bertz CT molecular complexity index is 868. The molecule has 0 saturated heterocycles. The highest BCUT2D eigenvalue weighted by Crippen LogP contribution is 2.19. The summed E-state index contributed by atoms with van der Waals surface area (Å²) >= 11 is 6.02. The molecule has 2 N–H and O–H groups in total. The lowest BCUT2D eigenvalue weighted by Gasteiger charge is -2.16. The van der Waals surface area contributed by atoms with E-state index >= 15 is 0 Å². The summed E-state index contributed by atoms with van der Waals surface area (Å²) in [5, 5.41) is 5.85. The highest BCUT2D eigenvalue weighted by atomic mass is 35.5. The molecule has 154 valence electrons. The second-order valence-electron chi connectivity index (χ2n) is 6.83. The number of halogens is 1. The second-order valence-corrected chi connectivity index (χ2v) is 7.23. The summed E-state index contributed by atoms with van der Waals surface area (Å²) in [5.74, 6) is -0.640. The number of carbonyl (C=O) groups excluding carboxylic acids is 3. The molecular formula is C21H24ClN3O4. The van der Waals surface area contributed by atoms with E-state index in [1.165, 1.54) is 0 Å². The molecule has 0 bridgehead atoms. The molecular weight excluding hydrogens is 394 g/mol. The molecule has 2 rings (SSSR count). The fourth-order valence-corrected chi connectivity index (χ4v) is 2.72. The van der Waals surface area contributed by atoms with Crippen LogP contribution in [0, 0.1) is 0 Å². The van der Waals surface area contributed by atoms with Crippen molar-refractivity contribution in [3.63, 3.8) is 0 Å². The lowest BCUT2D eigenvalue weighted by molar-refractivity contribution is -0.135. The number of likely N-dealkylation sites (N-methyl/N-ethyl adjacent to an activating group) is 1. The van der Waals surface area contributed by atoms with E-state index in [2.05, 4.69) is 10.6 Å². The van der Waals surface area contributed by atoms with Crippen molar-refractivity contribution in [2.75, 3.05) is 25.5 Å². The maximum absolute atomic E-state index is 12.3. The van der Waals surface area contributed by atoms with Crippen LogP contribution in [0.5, 0.6) is 5.75 Å². The first kappa shape index (κ1) is 22.4. The molecule has 0 atom stereocenters. The van der Waals surface area contributed by atoms with Crippen molar-refractivity contribution in [1.29, 1.82) is 0 Å². The zero-order valence-electron chi connectivity index (χ0n) is 16.6. The van der Waals surface area contributed by atoms with E-state index in [-0.39, 0.29) is 30.9 Å². The Morgan fingerprint density at radius 3 is 2.31 bits per heavy atom. The summed E-state index contributed by atoms with van der Waals surface area (Å²) in [6.45, 7) is 3.80. The van der Waals surface area contributed by atoms with Gasteiger partial charge in [0.25, 0.3) is 5.91 Å². The number of nitrogens with zero attached hydrogens (tertiary/aromatic N) is 1. The summed E-state index contributed by atoms with van der Waals surface area (Å²) in [4.78, 5) is 37.6. The Kier molecular flexibility index (Phi) is 8.18. The first-order chi connectivity index (χ1) is 13.7. The highest BCUT2D eigenvalue weighted by molar-refractivity contribution is 6.34. The largest absolute Gasteiger partial charge is 0.426 e. The smallest absolute Gasteiger partial charge is 0.325 e. The first-order valence-electron chi connectivity index (χ1n) is 9.09. The van der Waals surface area contributed by atoms with Crippen molar-refractivity contribution in [2.24, 2.45) is 0 Å². The third-order valence-electron chi connectivity index (χ3n) is 3.72. The van der Waals surface area contributed by atoms with Crippen LogP contribution >= 0.6 is 11.6 Å². The van der Waals surface area contributed by atoms with E-state index in [0.717, 1.165) is 0 Å². The summed E-state index contributed by atoms with van der Waals surface area (Å²) in [5.41, 5.74) is 0.909. The van der Waals surface area contributed by atoms with Gasteiger partial charge in [-0.3, -0.25) is 19.3 Å². The molecule has 0 aliphatic heterocycles. The van der Waals surface area contributed by atoms with Crippen molar-refractivity contribution in [1.82, 2.24) is 10.2 Å². The number of hydrogen-bond donors (Lipinski definition) is 2. The summed E-state index contributed by atoms with van der Waals surface area (Å²) < 4.78 is 5.27. The molecule has 0 unspecified atom stereocenters. The normalized spacial score (nSPS) is 10.7. The molecule has 0 saturated carbocycles. The van der Waals surface area contributed by atoms with E-state index in [1.54, 1.807) is 60.5 Å². The Labute approximate surface area is 175 Å². The van der Waals surface area contributed by atoms with Gasteiger partial charge in [-0.25, -0.2) is 0 Å². The average Bonchev–Trinajstić information content (AvgIpc) is 2.62. The van der Waals surface area contributed by atoms with Crippen molar-refractivity contribution in [2.45, 2.75) is 19.9 Å². The molecule has 2 aromatic rings. The standard InChI is InChI=1S/C21H24ClN3O4/c1-14(2)23-19(26)12-25(3)13-20(27)29-16-10-8-15(9-11-16)24-21(28)17-6-4-5-7-18(17)22/h4-11,14H,12-13H2,1-3H3,(H,23,26)(H,24,28). The van der Waals surface area contributed by atoms with E-state index in [1.807, 2.05) is 13.8 Å². The fourth-order valence-electron chi connectivity index (χ4n) is 2.50. The highest BCUT2D eigenvalue weighted by Gasteiger charge is 2.14. The average molecular weight is 418 g/mol. The number of amides is 2. The van der Waals surface area contributed by atoms with E-state index in [4.69, 9.17) is 16.3 Å². The molecule has 0 aliphatic rings. The van der Waals surface area contributed by atoms with Gasteiger partial charge in [0, 0.05) is 11.7 Å². The third-order valence-corrected chi connectivity index (χ3v) is 4.05. The monoisotopic (exact) mass is 417 g/mol. The minimum atomic E-state index is -0.488. The van der Waals surface area contributed by atoms with E-state index in [9.17, 15) is 14.4 Å². The predicted octanol–water partition coefficient (Wildman–Crippen LogP) is 2.95. The summed E-state index contributed by atoms with van der Waals surface area (Å²) in [6, 6.07) is 13.2. The van der Waals surface area contributed by atoms with Crippen molar-refractivity contribution < 1.29 is 19.1 Å². The predicted molar refractivity (Wildman–Crippen MR) is 112 cm³/mol. The van der Waals surface area contributed by atoms with Gasteiger partial charge in [0.15, 0.2) is 0 Å². The number of carbonyl (C=O) groups is 3. The first-order valence-corrected chi connectivity index (χ1v) is 9.47. The molecule has 29 heavy (non-hydrogen) atoms. The van der Waals surface area contributed by atoms with Crippen LogP contribution in [0.15, 0.2) is 48.5 Å². The van der Waals surface area contributed by atoms with Gasteiger partial charge in [0.1, 0.15) is 5.75 Å². The van der Waals surface area contributed by atoms with Gasteiger partial charge in [-0.2, -0.15) is 0 Å².